The minimum absolute atomic E-state index is 0.0128. The van der Waals surface area contributed by atoms with Crippen molar-refractivity contribution in [2.24, 2.45) is 46.6 Å². The maximum Gasteiger partial charge on any atom is 0.408 e. The maximum absolute atomic E-state index is 15.9. The molecule has 0 spiro atoms. The third-order valence-electron chi connectivity index (χ3n) is 16.6. The molecule has 5 heterocycles. The number of aliphatic hydroxyl groups is 2. The first kappa shape index (κ1) is 70.2. The second-order valence-electron chi connectivity index (χ2n) is 24.4. The molecule has 4 saturated heterocycles. The number of ether oxygens (including phenoxy) is 11. The van der Waals surface area contributed by atoms with E-state index in [1.165, 1.54) is 40.6 Å². The molecule has 1 aromatic rings. The molecule has 4 aliphatic rings. The Kier molecular flexibility index (Phi) is 26.7. The number of oxime groups is 1. The predicted molar refractivity (Wildman–Crippen MR) is 304 cm³/mol. The van der Waals surface area contributed by atoms with Crippen LogP contribution in [0.15, 0.2) is 17.5 Å². The van der Waals surface area contributed by atoms with Crippen molar-refractivity contribution < 1.29 is 91.1 Å². The Labute approximate surface area is 495 Å². The van der Waals surface area contributed by atoms with Gasteiger partial charge in [0.05, 0.1) is 66.6 Å². The van der Waals surface area contributed by atoms with Crippen LogP contribution in [0.25, 0.3) is 0 Å². The summed E-state index contributed by atoms with van der Waals surface area (Å²) >= 11 is 0. The number of ketones is 1. The summed E-state index contributed by atoms with van der Waals surface area (Å²) in [6, 6.07) is -0.0128. The van der Waals surface area contributed by atoms with Crippen LogP contribution in [-0.2, 0) is 71.3 Å². The summed E-state index contributed by atoms with van der Waals surface area (Å²) < 4.78 is 70.3. The van der Waals surface area contributed by atoms with Crippen LogP contribution >= 0.6 is 0 Å². The Morgan fingerprint density at radius 3 is 2.13 bits per heavy atom. The Hall–Kier alpha value is -4.54. The van der Waals surface area contributed by atoms with Crippen LogP contribution in [0.3, 0.4) is 0 Å². The number of cyclic esters (lactones) is 1. The highest BCUT2D eigenvalue weighted by molar-refractivity contribution is 5.92. The van der Waals surface area contributed by atoms with Crippen LogP contribution in [0.4, 0.5) is 4.79 Å². The third-order valence-corrected chi connectivity index (χ3v) is 16.6. The number of amides is 2. The lowest BCUT2D eigenvalue weighted by atomic mass is 9.74. The van der Waals surface area contributed by atoms with Crippen LogP contribution in [0.2, 0.25) is 0 Å². The van der Waals surface area contributed by atoms with Gasteiger partial charge < -0.3 is 82.7 Å². The average molecular weight is 1200 g/mol. The smallest absolute Gasteiger partial charge is 0.408 e. The van der Waals surface area contributed by atoms with E-state index in [9.17, 15) is 24.6 Å². The number of Topliss-reactive ketones (excluding diaryl/α,β-unsaturated/α-hetero) is 1. The van der Waals surface area contributed by atoms with E-state index in [0.29, 0.717) is 18.7 Å². The van der Waals surface area contributed by atoms with E-state index in [0.717, 1.165) is 0 Å². The first-order valence-corrected chi connectivity index (χ1v) is 29.6. The first-order valence-electron chi connectivity index (χ1n) is 29.6. The van der Waals surface area contributed by atoms with E-state index < -0.39 is 151 Å². The molecule has 0 radical (unpaired) electrons. The standard InChI is InChI=1S/C59H98N6O19/c1-29(2)21-43(66)80-49-37(10)48(31(4)28-76-57-52(74-17)51(73-16)45(67)40(13)79-57)82-55(71)39(12)50(81-44-22-33(6)65(15)27-35(8)77-44)36(9)47(83-56-46(68)41(64-75-18)23-34(7)78-56)30(3)24-59(14,53(69)38(49)11)84-58(72)61-20-19-60-54(70)42-26-62-32(5)25-63-42/h25-26,29-31,33-40,44-52,56-57,67-68H,19-24,27-28H2,1-18H3,(H,60,70)(H,61,72)/t30-,31-,33+,34+,35?,36+,37-,38+,39+,40+,44-,45+,46+,47-,48?,49+,50-,51+,52+,56-,57+,59-/m0/s1. The number of carbonyl (C=O) groups excluding carboxylic acids is 5. The van der Waals surface area contributed by atoms with Gasteiger partial charge in [0.2, 0.25) is 0 Å². The highest BCUT2D eigenvalue weighted by Crippen LogP contribution is 2.40. The minimum atomic E-state index is -2.05. The predicted octanol–water partition coefficient (Wildman–Crippen LogP) is 4.53. The largest absolute Gasteiger partial charge is 0.461 e. The molecule has 84 heavy (non-hydrogen) atoms. The van der Waals surface area contributed by atoms with E-state index in [2.05, 4.69) is 37.6 Å². The van der Waals surface area contributed by atoms with Crippen molar-refractivity contribution in [3.8, 4) is 0 Å². The summed E-state index contributed by atoms with van der Waals surface area (Å²) in [5.41, 5.74) is -1.09. The molecule has 2 amide bonds. The summed E-state index contributed by atoms with van der Waals surface area (Å²) in [5.74, 6) is -8.35. The lowest BCUT2D eigenvalue weighted by Crippen LogP contribution is -2.59. The molecule has 0 saturated carbocycles. The van der Waals surface area contributed by atoms with Gasteiger partial charge >= 0.3 is 18.0 Å². The zero-order chi connectivity index (χ0) is 62.5. The summed E-state index contributed by atoms with van der Waals surface area (Å²) in [6.07, 6.45) is -11.5. The molecule has 1 aromatic heterocycles. The van der Waals surface area contributed by atoms with Crippen molar-refractivity contribution in [1.82, 2.24) is 25.5 Å². The molecule has 0 aliphatic carbocycles. The van der Waals surface area contributed by atoms with Crippen molar-refractivity contribution >= 4 is 35.4 Å². The topological polar surface area (TPSA) is 302 Å². The SMILES string of the molecule is CON=C1C[C@@H](C)O[C@@H](O[C@@H]2[C@@H](C)[C@H](O[C@H]3C[C@@H](C)N(C)CC(C)O3)[C@@H](C)C(=O)OC([C@@H](C)CO[C@@H]3O[C@H](C)[C@@H](O)[C@@H](OC)[C@H]3OC)[C@H](C)[C@@H](OC(=O)CC(C)C)[C@@H](C)C(=O)[C@@](C)(OC(=O)NCCNC(=O)c3cnc(C)cn3)C[C@@H]2C)[C@@H]1O. The fraction of sp³-hybridized carbons (Fsp3) is 0.831. The second kappa shape index (κ2) is 31.9. The maximum atomic E-state index is 15.9. The zero-order valence-corrected chi connectivity index (χ0v) is 52.6. The molecule has 25 nitrogen and oxygen atoms in total. The molecule has 25 heteroatoms. The zero-order valence-electron chi connectivity index (χ0n) is 52.6. The van der Waals surface area contributed by atoms with Crippen molar-refractivity contribution in [2.75, 3.05) is 54.6 Å². The van der Waals surface area contributed by atoms with Crippen molar-refractivity contribution in [1.29, 1.82) is 0 Å². The van der Waals surface area contributed by atoms with Crippen LogP contribution in [-0.4, -0.2) is 213 Å². The van der Waals surface area contributed by atoms with Gasteiger partial charge in [0, 0.05) is 83.1 Å². The monoisotopic (exact) mass is 1190 g/mol. The Morgan fingerprint density at radius 1 is 0.821 bits per heavy atom. The number of esters is 2. The minimum Gasteiger partial charge on any atom is -0.461 e. The van der Waals surface area contributed by atoms with Crippen molar-refractivity contribution in [3.63, 3.8) is 0 Å². The molecule has 478 valence electrons. The third kappa shape index (κ3) is 18.5. The van der Waals surface area contributed by atoms with E-state index in [1.54, 1.807) is 55.4 Å². The number of nitrogens with one attached hydrogen (secondary N) is 2. The van der Waals surface area contributed by atoms with Gasteiger partial charge in [-0.3, -0.25) is 24.2 Å². The van der Waals surface area contributed by atoms with Crippen LogP contribution in [0.5, 0.6) is 0 Å². The summed E-state index contributed by atoms with van der Waals surface area (Å²) in [6.45, 7) is 25.0. The molecule has 4 aliphatic heterocycles. The van der Waals surface area contributed by atoms with Gasteiger partial charge in [0.1, 0.15) is 49.4 Å². The molecule has 5 rings (SSSR count). The number of aryl methyl sites for hydroxylation is 1. The number of carbonyl (C=O) groups is 5. The Bertz CT molecular complexity index is 2320. The summed E-state index contributed by atoms with van der Waals surface area (Å²) in [5, 5.41) is 32.2. The second-order valence-corrected chi connectivity index (χ2v) is 24.4. The molecule has 22 atom stereocenters. The Morgan fingerprint density at radius 2 is 1.50 bits per heavy atom. The van der Waals surface area contributed by atoms with Gasteiger partial charge in [-0.15, -0.1) is 0 Å². The van der Waals surface area contributed by atoms with Gasteiger partial charge in [-0.2, -0.15) is 0 Å². The lowest BCUT2D eigenvalue weighted by molar-refractivity contribution is -0.305. The molecule has 2 unspecified atom stereocenters. The molecular weight excluding hydrogens is 1100 g/mol. The van der Waals surface area contributed by atoms with Gasteiger partial charge in [0.15, 0.2) is 30.3 Å². The van der Waals surface area contributed by atoms with Crippen LogP contribution in [0, 0.1) is 48.3 Å². The van der Waals surface area contributed by atoms with E-state index in [-0.39, 0.29) is 68.4 Å². The lowest BCUT2D eigenvalue weighted by Gasteiger charge is -2.45. The summed E-state index contributed by atoms with van der Waals surface area (Å²) in [4.78, 5) is 88.0. The fourth-order valence-electron chi connectivity index (χ4n) is 11.9. The van der Waals surface area contributed by atoms with E-state index in [4.69, 9.17) is 56.9 Å². The molecule has 0 bridgehead atoms. The number of hydrogen-bond donors (Lipinski definition) is 4. The number of hydrogen-bond acceptors (Lipinski definition) is 23. The van der Waals surface area contributed by atoms with Gasteiger partial charge in [-0.1, -0.05) is 53.6 Å². The first-order chi connectivity index (χ1) is 39.5. The number of rotatable bonds is 19. The van der Waals surface area contributed by atoms with E-state index in [1.807, 2.05) is 34.7 Å². The quantitative estimate of drug-likeness (QED) is 0.0640. The highest BCUT2D eigenvalue weighted by atomic mass is 16.7. The number of aliphatic hydroxyl groups excluding tert-OH is 2. The number of aromatic nitrogens is 2. The normalized spacial score (nSPS) is 37.8. The van der Waals surface area contributed by atoms with Crippen LogP contribution < -0.4 is 10.6 Å². The number of alkyl carbamates (subject to hydrolysis) is 1. The molecule has 4 N–H and O–H groups in total. The number of methoxy groups -OCH3 is 2. The average Bonchev–Trinajstić information content (AvgIpc) is 2.63. The van der Waals surface area contributed by atoms with Gasteiger partial charge in [-0.25, -0.2) is 9.78 Å². The highest BCUT2D eigenvalue weighted by Gasteiger charge is 2.53. The fourth-order valence-corrected chi connectivity index (χ4v) is 11.9. The molecular formula is C59H98N6O19. The van der Waals surface area contributed by atoms with Gasteiger partial charge in [-0.05, 0) is 73.8 Å². The molecule has 4 fully saturated rings. The van der Waals surface area contributed by atoms with Crippen molar-refractivity contribution in [3.05, 3.63) is 23.8 Å². The molecule has 0 aromatic carbocycles. The van der Waals surface area contributed by atoms with Crippen LogP contribution in [0.1, 0.15) is 132 Å². The summed E-state index contributed by atoms with van der Waals surface area (Å²) in [7, 11) is 6.25. The Balaban J connectivity index is 1.67. The number of likely N-dealkylation sites (N-methyl/N-ethyl adjacent to an activating group) is 1. The number of nitrogens with zero attached hydrogens (tertiary/aromatic N) is 4. The van der Waals surface area contributed by atoms with E-state index >= 15 is 9.59 Å². The van der Waals surface area contributed by atoms with Crippen molar-refractivity contribution in [2.45, 2.75) is 220 Å². The van der Waals surface area contributed by atoms with Gasteiger partial charge in [0.25, 0.3) is 5.91 Å².